The highest BCUT2D eigenvalue weighted by Crippen LogP contribution is 2.29. The molecule has 7 heteroatoms. The number of halogens is 1. The van der Waals surface area contributed by atoms with E-state index in [0.717, 1.165) is 66.0 Å². The Labute approximate surface area is 203 Å². The van der Waals surface area contributed by atoms with Crippen LogP contribution in [0.4, 0.5) is 5.69 Å². The number of piperazine rings is 1. The fraction of sp³-hybridized carbons (Fsp3) is 0.346. The van der Waals surface area contributed by atoms with Crippen LogP contribution in [0, 0.1) is 0 Å². The molecule has 1 fully saturated rings. The van der Waals surface area contributed by atoms with E-state index in [9.17, 15) is 4.79 Å². The monoisotopic (exact) mass is 511 g/mol. The minimum atomic E-state index is -0.0721. The number of nitrogens with zero attached hydrogens (tertiary/aromatic N) is 2. The van der Waals surface area contributed by atoms with Crippen LogP contribution in [0.2, 0.25) is 0 Å². The molecule has 0 radical (unpaired) electrons. The zero-order chi connectivity index (χ0) is 23.0. The Morgan fingerprint density at radius 1 is 1.00 bits per heavy atom. The minimum absolute atomic E-state index is 0.0721. The number of hydrogen-bond acceptors (Lipinski definition) is 5. The van der Waals surface area contributed by atoms with E-state index in [1.807, 2.05) is 54.6 Å². The molecule has 1 aliphatic heterocycles. The van der Waals surface area contributed by atoms with Crippen LogP contribution in [-0.4, -0.2) is 69.1 Å². The zero-order valence-electron chi connectivity index (χ0n) is 18.9. The van der Waals surface area contributed by atoms with E-state index >= 15 is 0 Å². The number of carbonyl (C=O) groups excluding carboxylic acids is 1. The number of anilines is 1. The number of fused-ring (bicyclic) bond motifs is 1. The lowest BCUT2D eigenvalue weighted by atomic mass is 10.1. The highest BCUT2D eigenvalue weighted by Gasteiger charge is 2.19. The maximum absolute atomic E-state index is 12.8. The number of benzene rings is 3. The summed E-state index contributed by atoms with van der Waals surface area (Å²) in [5, 5.41) is 5.83. The van der Waals surface area contributed by atoms with E-state index in [2.05, 4.69) is 37.1 Å². The molecule has 1 N–H and O–H groups in total. The lowest BCUT2D eigenvalue weighted by Gasteiger charge is -2.36. The van der Waals surface area contributed by atoms with Crippen molar-refractivity contribution in [2.45, 2.75) is 0 Å². The molecule has 1 amide bonds. The largest absolute Gasteiger partial charge is 0.495 e. The van der Waals surface area contributed by atoms with E-state index in [1.165, 1.54) is 0 Å². The van der Waals surface area contributed by atoms with Crippen molar-refractivity contribution < 1.29 is 14.3 Å². The Bertz CT molecular complexity index is 1080. The summed E-state index contributed by atoms with van der Waals surface area (Å²) in [5.41, 5.74) is 1.77. The molecule has 0 aliphatic carbocycles. The van der Waals surface area contributed by atoms with Crippen molar-refractivity contribution >= 4 is 38.3 Å². The number of methoxy groups -OCH3 is 1. The molecule has 4 rings (SSSR count). The summed E-state index contributed by atoms with van der Waals surface area (Å²) in [7, 11) is 1.71. The molecule has 3 aromatic rings. The second-order valence-electron chi connectivity index (χ2n) is 7.99. The minimum Gasteiger partial charge on any atom is -0.495 e. The number of hydrogen-bond donors (Lipinski definition) is 1. The first kappa shape index (κ1) is 23.4. The van der Waals surface area contributed by atoms with Crippen LogP contribution in [0.3, 0.4) is 0 Å². The van der Waals surface area contributed by atoms with Crippen LogP contribution >= 0.6 is 15.9 Å². The maximum Gasteiger partial charge on any atom is 0.251 e. The number of nitrogens with one attached hydrogen (secondary N) is 1. The smallest absolute Gasteiger partial charge is 0.251 e. The van der Waals surface area contributed by atoms with Crippen LogP contribution in [-0.2, 0) is 0 Å². The van der Waals surface area contributed by atoms with Gasteiger partial charge in [-0.05, 0) is 29.7 Å². The van der Waals surface area contributed by atoms with Crippen LogP contribution < -0.4 is 19.7 Å². The van der Waals surface area contributed by atoms with Crippen LogP contribution in [0.15, 0.2) is 60.7 Å². The molecule has 6 nitrogen and oxygen atoms in total. The van der Waals surface area contributed by atoms with Crippen molar-refractivity contribution in [3.05, 3.63) is 66.2 Å². The molecular weight excluding hydrogens is 482 g/mol. The van der Waals surface area contributed by atoms with Gasteiger partial charge in [0.1, 0.15) is 11.5 Å². The third-order valence-electron chi connectivity index (χ3n) is 5.93. The number of alkyl halides is 1. The molecule has 0 unspecified atom stereocenters. The first-order valence-corrected chi connectivity index (χ1v) is 12.4. The third kappa shape index (κ3) is 5.78. The van der Waals surface area contributed by atoms with Gasteiger partial charge in [0, 0.05) is 55.5 Å². The Kier molecular flexibility index (Phi) is 8.07. The predicted molar refractivity (Wildman–Crippen MR) is 137 cm³/mol. The molecule has 0 atom stereocenters. The molecule has 0 spiro atoms. The van der Waals surface area contributed by atoms with Gasteiger partial charge in [-0.25, -0.2) is 0 Å². The number of rotatable bonds is 9. The zero-order valence-corrected chi connectivity index (χ0v) is 20.5. The van der Waals surface area contributed by atoms with Crippen LogP contribution in [0.1, 0.15) is 10.4 Å². The molecule has 1 heterocycles. The topological polar surface area (TPSA) is 54.0 Å². The molecule has 3 aromatic carbocycles. The first-order chi connectivity index (χ1) is 16.2. The normalized spacial score (nSPS) is 14.3. The summed E-state index contributed by atoms with van der Waals surface area (Å²) in [6.45, 7) is 5.77. The molecule has 0 aromatic heterocycles. The van der Waals surface area contributed by atoms with Crippen LogP contribution in [0.25, 0.3) is 10.8 Å². The fourth-order valence-corrected chi connectivity index (χ4v) is 4.37. The SMILES string of the molecule is COc1ccccc1N1CCN(CCNC(=O)c2cc(OCCBr)c3ccccc3c2)CC1. The molecule has 0 bridgehead atoms. The molecule has 0 saturated carbocycles. The van der Waals surface area contributed by atoms with Gasteiger partial charge < -0.3 is 19.7 Å². The van der Waals surface area contributed by atoms with Gasteiger partial charge >= 0.3 is 0 Å². The first-order valence-electron chi connectivity index (χ1n) is 11.3. The third-order valence-corrected chi connectivity index (χ3v) is 6.26. The van der Waals surface area contributed by atoms with Crippen LogP contribution in [0.5, 0.6) is 11.5 Å². The van der Waals surface area contributed by atoms with E-state index < -0.39 is 0 Å². The van der Waals surface area contributed by atoms with Crippen molar-refractivity contribution in [1.29, 1.82) is 0 Å². The van der Waals surface area contributed by atoms with Crippen molar-refractivity contribution in [3.8, 4) is 11.5 Å². The summed E-state index contributed by atoms with van der Waals surface area (Å²) in [6.07, 6.45) is 0. The van der Waals surface area contributed by atoms with E-state index in [-0.39, 0.29) is 5.91 Å². The number of amides is 1. The van der Waals surface area contributed by atoms with E-state index in [4.69, 9.17) is 9.47 Å². The average molecular weight is 512 g/mol. The molecular formula is C26H30BrN3O3. The Hall–Kier alpha value is -2.77. The van der Waals surface area contributed by atoms with Crippen molar-refractivity contribution in [2.24, 2.45) is 0 Å². The maximum atomic E-state index is 12.8. The Morgan fingerprint density at radius 3 is 2.55 bits per heavy atom. The summed E-state index contributed by atoms with van der Waals surface area (Å²) >= 11 is 3.40. The quantitative estimate of drug-likeness (QED) is 0.437. The summed E-state index contributed by atoms with van der Waals surface area (Å²) in [5.74, 6) is 1.58. The number of ether oxygens (including phenoxy) is 2. The molecule has 33 heavy (non-hydrogen) atoms. The Morgan fingerprint density at radius 2 is 1.76 bits per heavy atom. The van der Waals surface area contributed by atoms with Gasteiger partial charge in [0.2, 0.25) is 0 Å². The molecule has 174 valence electrons. The standard InChI is InChI=1S/C26H30BrN3O3/c1-32-24-9-5-4-8-23(24)30-15-13-29(14-16-30)12-11-28-26(31)21-18-20-6-2-3-7-22(20)25(19-21)33-17-10-27/h2-9,18-19H,10-17H2,1H3,(H,28,31). The fourth-order valence-electron chi connectivity index (χ4n) is 4.21. The highest BCUT2D eigenvalue weighted by molar-refractivity contribution is 9.09. The van der Waals surface area contributed by atoms with Gasteiger partial charge in [0.15, 0.2) is 0 Å². The van der Waals surface area contributed by atoms with E-state index in [0.29, 0.717) is 18.7 Å². The number of carbonyl (C=O) groups is 1. The van der Waals surface area contributed by atoms with Gasteiger partial charge in [-0.2, -0.15) is 0 Å². The number of para-hydroxylation sites is 2. The summed E-state index contributed by atoms with van der Waals surface area (Å²) in [6, 6.07) is 19.9. The van der Waals surface area contributed by atoms with Crippen molar-refractivity contribution in [3.63, 3.8) is 0 Å². The van der Waals surface area contributed by atoms with Gasteiger partial charge in [0.25, 0.3) is 5.91 Å². The van der Waals surface area contributed by atoms with Gasteiger partial charge in [0.05, 0.1) is 19.4 Å². The summed E-state index contributed by atoms with van der Waals surface area (Å²) in [4.78, 5) is 17.6. The molecule has 1 saturated heterocycles. The Balaban J connectivity index is 1.30. The van der Waals surface area contributed by atoms with Gasteiger partial charge in [-0.1, -0.05) is 52.3 Å². The predicted octanol–water partition coefficient (Wildman–Crippen LogP) is 4.17. The highest BCUT2D eigenvalue weighted by atomic mass is 79.9. The summed E-state index contributed by atoms with van der Waals surface area (Å²) < 4.78 is 11.4. The lowest BCUT2D eigenvalue weighted by molar-refractivity contribution is 0.0947. The van der Waals surface area contributed by atoms with Gasteiger partial charge in [-0.15, -0.1) is 0 Å². The van der Waals surface area contributed by atoms with Crippen molar-refractivity contribution in [2.75, 3.05) is 63.2 Å². The second-order valence-corrected chi connectivity index (χ2v) is 8.78. The van der Waals surface area contributed by atoms with E-state index in [1.54, 1.807) is 7.11 Å². The second kappa shape index (κ2) is 11.4. The van der Waals surface area contributed by atoms with Crippen molar-refractivity contribution in [1.82, 2.24) is 10.2 Å². The van der Waals surface area contributed by atoms with Gasteiger partial charge in [-0.3, -0.25) is 9.69 Å². The molecule has 1 aliphatic rings. The lowest BCUT2D eigenvalue weighted by Crippen LogP contribution is -2.48. The average Bonchev–Trinajstić information content (AvgIpc) is 2.87.